The number of hydrogen-bond donors (Lipinski definition) is 2. The molecule has 0 bridgehead atoms. The minimum absolute atomic E-state index is 0.127. The monoisotopic (exact) mass is 406 g/mol. The molecule has 0 spiro atoms. The third-order valence-electron chi connectivity index (χ3n) is 4.27. The molecule has 146 valence electrons. The molecule has 2 N–H and O–H groups in total. The van der Waals surface area contributed by atoms with E-state index in [0.717, 1.165) is 12.0 Å². The van der Waals surface area contributed by atoms with Crippen molar-refractivity contribution in [1.82, 2.24) is 30.0 Å². The molecule has 4 rings (SSSR count). The summed E-state index contributed by atoms with van der Waals surface area (Å²) in [7, 11) is 0. The largest absolute Gasteiger partial charge is 0.355 e. The van der Waals surface area contributed by atoms with Crippen LogP contribution in [-0.2, 0) is 11.2 Å². The zero-order valence-electron chi connectivity index (χ0n) is 15.4. The lowest BCUT2D eigenvalue weighted by Gasteiger charge is -2.10. The van der Waals surface area contributed by atoms with Crippen LogP contribution in [0.25, 0.3) is 16.9 Å². The first kappa shape index (κ1) is 18.9. The molecule has 2 aromatic carbocycles. The highest BCUT2D eigenvalue weighted by molar-refractivity contribution is 7.99. The Morgan fingerprint density at radius 2 is 1.90 bits per heavy atom. The van der Waals surface area contributed by atoms with E-state index in [1.807, 2.05) is 36.4 Å². The molecule has 1 amide bonds. The van der Waals surface area contributed by atoms with Crippen LogP contribution in [0.3, 0.4) is 0 Å². The van der Waals surface area contributed by atoms with Crippen molar-refractivity contribution >= 4 is 28.6 Å². The molecule has 0 saturated carbocycles. The summed E-state index contributed by atoms with van der Waals surface area (Å²) in [6, 6.07) is 17.0. The summed E-state index contributed by atoms with van der Waals surface area (Å²) >= 11 is 1.18. The number of carbonyl (C=O) groups excluding carboxylic acids is 1. The van der Waals surface area contributed by atoms with Crippen LogP contribution >= 0.6 is 11.8 Å². The van der Waals surface area contributed by atoms with Gasteiger partial charge in [-0.2, -0.15) is 10.1 Å². The van der Waals surface area contributed by atoms with E-state index in [9.17, 15) is 9.59 Å². The van der Waals surface area contributed by atoms with E-state index in [4.69, 9.17) is 0 Å². The number of H-pyrrole nitrogens is 1. The molecule has 0 saturated heterocycles. The van der Waals surface area contributed by atoms with Crippen LogP contribution in [0, 0.1) is 0 Å². The van der Waals surface area contributed by atoms with Gasteiger partial charge in [0.15, 0.2) is 5.16 Å². The summed E-state index contributed by atoms with van der Waals surface area (Å²) < 4.78 is 1.34. The van der Waals surface area contributed by atoms with Gasteiger partial charge in [-0.3, -0.25) is 9.59 Å². The van der Waals surface area contributed by atoms with E-state index in [0.29, 0.717) is 22.6 Å². The number of aromatic amines is 1. The number of amides is 1. The summed E-state index contributed by atoms with van der Waals surface area (Å²) in [6.45, 7) is 0.545. The number of benzene rings is 2. The van der Waals surface area contributed by atoms with Crippen LogP contribution in [0.15, 0.2) is 70.9 Å². The number of hydrogen-bond acceptors (Lipinski definition) is 6. The number of fused-ring (bicyclic) bond motifs is 1. The summed E-state index contributed by atoms with van der Waals surface area (Å²) in [4.78, 5) is 33.8. The minimum atomic E-state index is -0.265. The quantitative estimate of drug-likeness (QED) is 0.359. The third-order valence-corrected chi connectivity index (χ3v) is 5.21. The average Bonchev–Trinajstić information content (AvgIpc) is 3.27. The summed E-state index contributed by atoms with van der Waals surface area (Å²) in [6.07, 6.45) is 2.08. The number of rotatable bonds is 7. The predicted molar refractivity (Wildman–Crippen MR) is 111 cm³/mol. The highest BCUT2D eigenvalue weighted by Gasteiger charge is 2.16. The molecule has 0 radical (unpaired) electrons. The Morgan fingerprint density at radius 3 is 2.69 bits per heavy atom. The normalized spacial score (nSPS) is 10.9. The topological polar surface area (TPSA) is 106 Å². The first-order valence-electron chi connectivity index (χ1n) is 9.03. The molecular formula is C20H18N6O2S. The molecule has 8 nitrogen and oxygen atoms in total. The van der Waals surface area contributed by atoms with Gasteiger partial charge < -0.3 is 5.32 Å². The lowest BCUT2D eigenvalue weighted by atomic mass is 10.1. The standard InChI is InChI=1S/C20H18N6O2S/c27-17(21-11-10-14-6-2-1-3-7-14)12-29-20-24-16-9-5-4-8-15(16)18(28)26(20)19-22-13-23-25-19/h1-9,13H,10-12H2,(H,21,27)(H,22,23,25). The van der Waals surface area contributed by atoms with Crippen molar-refractivity contribution in [2.75, 3.05) is 12.3 Å². The highest BCUT2D eigenvalue weighted by Crippen LogP contribution is 2.19. The molecule has 9 heteroatoms. The second-order valence-electron chi connectivity index (χ2n) is 6.24. The zero-order valence-corrected chi connectivity index (χ0v) is 16.2. The second-order valence-corrected chi connectivity index (χ2v) is 7.18. The van der Waals surface area contributed by atoms with Crippen LogP contribution in [-0.4, -0.2) is 42.9 Å². The van der Waals surface area contributed by atoms with Crippen LogP contribution < -0.4 is 10.9 Å². The van der Waals surface area contributed by atoms with Gasteiger partial charge in [-0.1, -0.05) is 54.2 Å². The molecule has 0 aliphatic rings. The Bertz CT molecular complexity index is 1170. The average molecular weight is 406 g/mol. The van der Waals surface area contributed by atoms with Crippen molar-refractivity contribution in [2.24, 2.45) is 0 Å². The maximum absolute atomic E-state index is 12.9. The molecule has 4 aromatic rings. The number of carbonyl (C=O) groups is 1. The number of nitrogens with one attached hydrogen (secondary N) is 2. The van der Waals surface area contributed by atoms with Gasteiger partial charge in [-0.25, -0.2) is 14.6 Å². The Kier molecular flexibility index (Phi) is 5.66. The van der Waals surface area contributed by atoms with E-state index in [-0.39, 0.29) is 23.2 Å². The Balaban J connectivity index is 1.49. The third kappa shape index (κ3) is 4.35. The predicted octanol–water partition coefficient (Wildman–Crippen LogP) is 1.95. The van der Waals surface area contributed by atoms with E-state index < -0.39 is 0 Å². The lowest BCUT2D eigenvalue weighted by Crippen LogP contribution is -2.28. The first-order chi connectivity index (χ1) is 14.2. The molecule has 2 heterocycles. The lowest BCUT2D eigenvalue weighted by molar-refractivity contribution is -0.118. The van der Waals surface area contributed by atoms with Crippen molar-refractivity contribution in [1.29, 1.82) is 0 Å². The minimum Gasteiger partial charge on any atom is -0.355 e. The van der Waals surface area contributed by atoms with E-state index >= 15 is 0 Å². The number of aromatic nitrogens is 5. The van der Waals surface area contributed by atoms with Crippen LogP contribution in [0.1, 0.15) is 5.56 Å². The van der Waals surface area contributed by atoms with Crippen LogP contribution in [0.4, 0.5) is 0 Å². The molecule has 0 unspecified atom stereocenters. The maximum Gasteiger partial charge on any atom is 0.269 e. The van der Waals surface area contributed by atoms with Gasteiger partial charge in [-0.05, 0) is 24.1 Å². The molecule has 0 atom stereocenters. The fraction of sp³-hybridized carbons (Fsp3) is 0.150. The zero-order chi connectivity index (χ0) is 20.1. The molecule has 29 heavy (non-hydrogen) atoms. The van der Waals surface area contributed by atoms with Crippen LogP contribution in [0.2, 0.25) is 0 Å². The van der Waals surface area contributed by atoms with Crippen LogP contribution in [0.5, 0.6) is 0 Å². The van der Waals surface area contributed by atoms with Gasteiger partial charge in [-0.15, -0.1) is 0 Å². The van der Waals surface area contributed by atoms with E-state index in [1.54, 1.807) is 18.2 Å². The molecule has 0 fully saturated rings. The fourth-order valence-corrected chi connectivity index (χ4v) is 3.70. The van der Waals surface area contributed by atoms with Gasteiger partial charge in [0, 0.05) is 6.54 Å². The molecule has 0 aliphatic heterocycles. The smallest absolute Gasteiger partial charge is 0.269 e. The molecule has 2 aromatic heterocycles. The maximum atomic E-state index is 12.9. The van der Waals surface area contributed by atoms with Gasteiger partial charge in [0.05, 0.1) is 16.7 Å². The summed E-state index contributed by atoms with van der Waals surface area (Å²) in [5, 5.41) is 10.2. The second kappa shape index (κ2) is 8.70. The van der Waals surface area contributed by atoms with Crippen molar-refractivity contribution in [3.8, 4) is 5.95 Å². The van der Waals surface area contributed by atoms with E-state index in [1.165, 1.54) is 22.7 Å². The highest BCUT2D eigenvalue weighted by atomic mass is 32.2. The Morgan fingerprint density at radius 1 is 1.10 bits per heavy atom. The Hall–Kier alpha value is -3.46. The number of nitrogens with zero attached hydrogens (tertiary/aromatic N) is 4. The number of thioether (sulfide) groups is 1. The SMILES string of the molecule is O=C(CSc1nc2ccccc2c(=O)n1-c1ncn[nH]1)NCCc1ccccc1. The first-order valence-corrected chi connectivity index (χ1v) is 10.0. The van der Waals surface area contributed by atoms with Gasteiger partial charge in [0.1, 0.15) is 6.33 Å². The van der Waals surface area contributed by atoms with Crippen molar-refractivity contribution in [3.63, 3.8) is 0 Å². The van der Waals surface area contributed by atoms with Crippen molar-refractivity contribution in [2.45, 2.75) is 11.6 Å². The Labute approximate surface area is 170 Å². The molecule has 0 aliphatic carbocycles. The van der Waals surface area contributed by atoms with Gasteiger partial charge >= 0.3 is 0 Å². The van der Waals surface area contributed by atoms with E-state index in [2.05, 4.69) is 25.5 Å². The van der Waals surface area contributed by atoms with Crippen molar-refractivity contribution in [3.05, 3.63) is 76.8 Å². The van der Waals surface area contributed by atoms with Gasteiger partial charge in [0.25, 0.3) is 5.56 Å². The summed E-state index contributed by atoms with van der Waals surface area (Å²) in [5.41, 5.74) is 1.47. The van der Waals surface area contributed by atoms with Crippen molar-refractivity contribution < 1.29 is 4.79 Å². The fourth-order valence-electron chi connectivity index (χ4n) is 2.87. The van der Waals surface area contributed by atoms with Gasteiger partial charge in [0.2, 0.25) is 11.9 Å². The number of para-hydroxylation sites is 1. The summed E-state index contributed by atoms with van der Waals surface area (Å²) in [5.74, 6) is 0.269. The molecular weight excluding hydrogens is 388 g/mol.